The van der Waals surface area contributed by atoms with Crippen molar-refractivity contribution in [1.29, 1.82) is 0 Å². The highest BCUT2D eigenvalue weighted by atomic mass is 79.9. The highest BCUT2D eigenvalue weighted by molar-refractivity contribution is 9.10. The van der Waals surface area contributed by atoms with Crippen molar-refractivity contribution in [2.75, 3.05) is 24.5 Å². The maximum Gasteiger partial charge on any atom is 0.573 e. The Morgan fingerprint density at radius 1 is 1.45 bits per heavy atom. The summed E-state index contributed by atoms with van der Waals surface area (Å²) in [6, 6.07) is 5.04. The van der Waals surface area contributed by atoms with Gasteiger partial charge < -0.3 is 15.0 Å². The van der Waals surface area contributed by atoms with Crippen LogP contribution in [0.1, 0.15) is 13.3 Å². The van der Waals surface area contributed by atoms with Crippen molar-refractivity contribution in [1.82, 2.24) is 5.32 Å². The summed E-state index contributed by atoms with van der Waals surface area (Å²) in [6.45, 7) is 4.69. The van der Waals surface area contributed by atoms with E-state index in [1.165, 1.54) is 6.07 Å². The molecule has 0 radical (unpaired) electrons. The van der Waals surface area contributed by atoms with Gasteiger partial charge in [0.1, 0.15) is 5.75 Å². The summed E-state index contributed by atoms with van der Waals surface area (Å²) < 4.78 is 41.0. The predicted octanol–water partition coefficient (Wildman–Crippen LogP) is 3.54. The third kappa shape index (κ3) is 3.79. The average Bonchev–Trinajstić information content (AvgIpc) is 2.39. The highest BCUT2D eigenvalue weighted by Crippen LogP contribution is 2.34. The molecule has 0 spiro atoms. The van der Waals surface area contributed by atoms with Crippen LogP contribution in [0.25, 0.3) is 0 Å². The van der Waals surface area contributed by atoms with Gasteiger partial charge >= 0.3 is 6.36 Å². The second-order valence-corrected chi connectivity index (χ2v) is 5.48. The number of benzene rings is 1. The minimum absolute atomic E-state index is 0.218. The number of piperazine rings is 1. The number of halogens is 4. The first-order chi connectivity index (χ1) is 9.40. The minimum atomic E-state index is -4.68. The molecule has 3 nitrogen and oxygen atoms in total. The van der Waals surface area contributed by atoms with E-state index in [2.05, 4.69) is 37.8 Å². The van der Waals surface area contributed by atoms with Crippen LogP contribution in [0.2, 0.25) is 0 Å². The standard InChI is InChI=1S/C13H16BrF3N2O/c1-2-9-8-18-5-6-19(9)10-3-4-12(11(14)7-10)20-13(15,16)17/h3-4,7,9,18H,2,5-6,8H2,1H3. The number of ether oxygens (including phenoxy) is 1. The van der Waals surface area contributed by atoms with Gasteiger partial charge in [-0.3, -0.25) is 0 Å². The van der Waals surface area contributed by atoms with Gasteiger partial charge in [-0.25, -0.2) is 0 Å². The molecule has 1 aliphatic heterocycles. The van der Waals surface area contributed by atoms with Crippen LogP contribution in [-0.2, 0) is 0 Å². The Labute approximate surface area is 124 Å². The number of rotatable bonds is 3. The Morgan fingerprint density at radius 2 is 2.20 bits per heavy atom. The van der Waals surface area contributed by atoms with Crippen LogP contribution in [0.5, 0.6) is 5.75 Å². The van der Waals surface area contributed by atoms with Crippen molar-refractivity contribution in [2.24, 2.45) is 0 Å². The van der Waals surface area contributed by atoms with Crippen LogP contribution >= 0.6 is 15.9 Å². The Morgan fingerprint density at radius 3 is 2.80 bits per heavy atom. The molecule has 1 aromatic rings. The molecule has 112 valence electrons. The summed E-state index contributed by atoms with van der Waals surface area (Å²) in [6.07, 6.45) is -3.70. The van der Waals surface area contributed by atoms with E-state index in [-0.39, 0.29) is 5.75 Å². The van der Waals surface area contributed by atoms with Crippen molar-refractivity contribution in [2.45, 2.75) is 25.7 Å². The van der Waals surface area contributed by atoms with Gasteiger partial charge in [-0.1, -0.05) is 6.92 Å². The molecule has 0 aliphatic carbocycles. The molecule has 1 unspecified atom stereocenters. The van der Waals surface area contributed by atoms with Gasteiger partial charge in [-0.2, -0.15) is 0 Å². The van der Waals surface area contributed by atoms with Crippen LogP contribution < -0.4 is 15.0 Å². The second-order valence-electron chi connectivity index (χ2n) is 4.62. The number of anilines is 1. The van der Waals surface area contributed by atoms with Crippen LogP contribution in [0, 0.1) is 0 Å². The third-order valence-corrected chi connectivity index (χ3v) is 3.91. The summed E-state index contributed by atoms with van der Waals surface area (Å²) in [5.41, 5.74) is 0.903. The van der Waals surface area contributed by atoms with E-state index in [4.69, 9.17) is 0 Å². The number of nitrogens with zero attached hydrogens (tertiary/aromatic N) is 1. The first-order valence-electron chi connectivity index (χ1n) is 6.43. The van der Waals surface area contributed by atoms with E-state index in [1.54, 1.807) is 12.1 Å². The van der Waals surface area contributed by atoms with Crippen molar-refractivity contribution < 1.29 is 17.9 Å². The molecule has 1 saturated heterocycles. The normalized spacial score (nSPS) is 20.1. The molecule has 7 heteroatoms. The van der Waals surface area contributed by atoms with E-state index >= 15 is 0 Å². The number of hydrogen-bond acceptors (Lipinski definition) is 3. The maximum absolute atomic E-state index is 12.2. The molecule has 2 rings (SSSR count). The Bertz CT molecular complexity index is 467. The largest absolute Gasteiger partial charge is 0.573 e. The van der Waals surface area contributed by atoms with Crippen LogP contribution in [0.15, 0.2) is 22.7 Å². The molecule has 20 heavy (non-hydrogen) atoms. The van der Waals surface area contributed by atoms with Crippen LogP contribution in [-0.4, -0.2) is 32.0 Å². The lowest BCUT2D eigenvalue weighted by Gasteiger charge is -2.37. The summed E-state index contributed by atoms with van der Waals surface area (Å²) in [4.78, 5) is 2.21. The van der Waals surface area contributed by atoms with Crippen molar-refractivity contribution in [3.05, 3.63) is 22.7 Å². The smallest absolute Gasteiger partial charge is 0.405 e. The number of alkyl halides is 3. The lowest BCUT2D eigenvalue weighted by molar-refractivity contribution is -0.274. The Kier molecular flexibility index (Phi) is 4.80. The molecule has 1 heterocycles. The molecule has 0 bridgehead atoms. The van der Waals surface area contributed by atoms with Gasteiger partial charge in [0.15, 0.2) is 0 Å². The van der Waals surface area contributed by atoms with E-state index in [0.717, 1.165) is 31.7 Å². The number of hydrogen-bond donors (Lipinski definition) is 1. The lowest BCUT2D eigenvalue weighted by Crippen LogP contribution is -2.51. The van der Waals surface area contributed by atoms with Crippen molar-refractivity contribution in [3.8, 4) is 5.75 Å². The maximum atomic E-state index is 12.2. The average molecular weight is 353 g/mol. The SMILES string of the molecule is CCC1CNCCN1c1ccc(OC(F)(F)F)c(Br)c1. The fourth-order valence-electron chi connectivity index (χ4n) is 2.34. The molecule has 0 aromatic heterocycles. The quantitative estimate of drug-likeness (QED) is 0.900. The first-order valence-corrected chi connectivity index (χ1v) is 7.22. The van der Waals surface area contributed by atoms with Crippen molar-refractivity contribution in [3.63, 3.8) is 0 Å². The molecule has 0 amide bonds. The molecular formula is C13H16BrF3N2O. The number of nitrogens with one attached hydrogen (secondary N) is 1. The molecular weight excluding hydrogens is 337 g/mol. The Hall–Kier alpha value is -0.950. The minimum Gasteiger partial charge on any atom is -0.405 e. The van der Waals surface area contributed by atoms with Crippen molar-refractivity contribution >= 4 is 21.6 Å². The molecule has 0 saturated carbocycles. The van der Waals surface area contributed by atoms with Gasteiger partial charge in [0, 0.05) is 31.4 Å². The molecule has 1 atom stereocenters. The summed E-state index contributed by atoms with van der Waals surface area (Å²) in [5, 5.41) is 3.32. The molecule has 1 aromatic carbocycles. The fraction of sp³-hybridized carbons (Fsp3) is 0.538. The van der Waals surface area contributed by atoms with E-state index in [9.17, 15) is 13.2 Å². The third-order valence-electron chi connectivity index (χ3n) is 3.29. The second kappa shape index (κ2) is 6.22. The zero-order valence-corrected chi connectivity index (χ0v) is 12.6. The topological polar surface area (TPSA) is 24.5 Å². The molecule has 1 fully saturated rings. The fourth-order valence-corrected chi connectivity index (χ4v) is 2.79. The summed E-state index contributed by atoms with van der Waals surface area (Å²) >= 11 is 3.14. The van der Waals surface area contributed by atoms with Gasteiger partial charge in [-0.15, -0.1) is 13.2 Å². The van der Waals surface area contributed by atoms with Gasteiger partial charge in [-0.05, 0) is 40.5 Å². The Balaban J connectivity index is 2.19. The van der Waals surface area contributed by atoms with Crippen LogP contribution in [0.4, 0.5) is 18.9 Å². The van der Waals surface area contributed by atoms with E-state index < -0.39 is 6.36 Å². The highest BCUT2D eigenvalue weighted by Gasteiger charge is 2.32. The van der Waals surface area contributed by atoms with Crippen LogP contribution in [0.3, 0.4) is 0 Å². The van der Waals surface area contributed by atoms with Gasteiger partial charge in [0.25, 0.3) is 0 Å². The lowest BCUT2D eigenvalue weighted by atomic mass is 10.1. The first kappa shape index (κ1) is 15.4. The molecule has 1 N–H and O–H groups in total. The monoisotopic (exact) mass is 352 g/mol. The zero-order chi connectivity index (χ0) is 14.8. The predicted molar refractivity (Wildman–Crippen MR) is 75.1 cm³/mol. The van der Waals surface area contributed by atoms with Gasteiger partial charge in [0.2, 0.25) is 0 Å². The summed E-state index contributed by atoms with van der Waals surface area (Å²) in [7, 11) is 0. The van der Waals surface area contributed by atoms with E-state index in [0.29, 0.717) is 10.5 Å². The van der Waals surface area contributed by atoms with E-state index in [1.807, 2.05) is 0 Å². The summed E-state index contributed by atoms with van der Waals surface area (Å²) in [5.74, 6) is -0.218. The zero-order valence-electron chi connectivity index (χ0n) is 11.0. The van der Waals surface area contributed by atoms with Gasteiger partial charge in [0.05, 0.1) is 4.47 Å². The molecule has 1 aliphatic rings.